The maximum Gasteiger partial charge on any atom is 0.258 e. The molecular formula is C14H22O6. The quantitative estimate of drug-likeness (QED) is 0.764. The van der Waals surface area contributed by atoms with Crippen LogP contribution in [0.25, 0.3) is 0 Å². The number of Topliss-reactive ketones (excluding diaryl/α,β-unsaturated/α-hetero) is 1. The molecular weight excluding hydrogens is 264 g/mol. The van der Waals surface area contributed by atoms with Crippen LogP contribution in [0.2, 0.25) is 0 Å². The first-order valence-electron chi connectivity index (χ1n) is 7.23. The number of carbonyl (C=O) groups excluding carboxylic acids is 1. The van der Waals surface area contributed by atoms with Crippen molar-refractivity contribution in [2.45, 2.75) is 70.1 Å². The fourth-order valence-electron chi connectivity index (χ4n) is 2.79. The molecule has 3 aliphatic rings. The van der Waals surface area contributed by atoms with E-state index in [2.05, 4.69) is 0 Å². The monoisotopic (exact) mass is 286 g/mol. The summed E-state index contributed by atoms with van der Waals surface area (Å²) in [6.07, 6.45) is 0.306. The zero-order chi connectivity index (χ0) is 14.6. The number of fused-ring (bicyclic) bond motifs is 1. The van der Waals surface area contributed by atoms with E-state index >= 15 is 0 Å². The Hall–Kier alpha value is -0.530. The van der Waals surface area contributed by atoms with Gasteiger partial charge in [-0.25, -0.2) is 0 Å². The average molecular weight is 286 g/mol. The molecule has 0 saturated carbocycles. The molecule has 0 aromatic carbocycles. The molecule has 0 amide bonds. The Morgan fingerprint density at radius 2 is 1.80 bits per heavy atom. The smallest absolute Gasteiger partial charge is 0.258 e. The fraction of sp³-hybridized carbons (Fsp3) is 0.929. The molecule has 0 bridgehead atoms. The summed E-state index contributed by atoms with van der Waals surface area (Å²) in [6.45, 7) is 7.93. The zero-order valence-corrected chi connectivity index (χ0v) is 12.4. The zero-order valence-electron chi connectivity index (χ0n) is 12.4. The first-order valence-corrected chi connectivity index (χ1v) is 7.23. The minimum absolute atomic E-state index is 0.103. The molecule has 2 unspecified atom stereocenters. The van der Waals surface area contributed by atoms with E-state index in [1.54, 1.807) is 0 Å². The van der Waals surface area contributed by atoms with Crippen molar-refractivity contribution in [1.29, 1.82) is 0 Å². The molecule has 3 saturated heterocycles. The van der Waals surface area contributed by atoms with Crippen molar-refractivity contribution in [2.24, 2.45) is 0 Å². The Balaban J connectivity index is 1.81. The van der Waals surface area contributed by atoms with Gasteiger partial charge in [0.1, 0.15) is 12.7 Å². The van der Waals surface area contributed by atoms with E-state index in [9.17, 15) is 4.79 Å². The molecule has 114 valence electrons. The third-order valence-corrected chi connectivity index (χ3v) is 4.46. The van der Waals surface area contributed by atoms with Crippen molar-refractivity contribution in [2.75, 3.05) is 13.2 Å². The van der Waals surface area contributed by atoms with Crippen LogP contribution in [-0.4, -0.2) is 48.6 Å². The Morgan fingerprint density at radius 3 is 2.40 bits per heavy atom. The van der Waals surface area contributed by atoms with Crippen LogP contribution in [0.3, 0.4) is 0 Å². The lowest BCUT2D eigenvalue weighted by atomic mass is 9.99. The molecule has 3 rings (SSSR count). The van der Waals surface area contributed by atoms with Gasteiger partial charge in [-0.2, -0.15) is 0 Å². The molecule has 0 radical (unpaired) electrons. The minimum Gasteiger partial charge on any atom is -0.344 e. The van der Waals surface area contributed by atoms with Gasteiger partial charge in [-0.15, -0.1) is 0 Å². The molecule has 6 heteroatoms. The highest BCUT2D eigenvalue weighted by atomic mass is 16.8. The molecule has 3 aliphatic heterocycles. The van der Waals surface area contributed by atoms with Crippen LogP contribution >= 0.6 is 0 Å². The van der Waals surface area contributed by atoms with Gasteiger partial charge in [0, 0.05) is 0 Å². The summed E-state index contributed by atoms with van der Waals surface area (Å²) in [5.74, 6) is -3.08. The molecule has 0 aliphatic carbocycles. The molecule has 0 N–H and O–H groups in total. The topological polar surface area (TPSA) is 63.2 Å². The normalized spacial score (nSPS) is 51.7. The Kier molecular flexibility index (Phi) is 3.23. The largest absolute Gasteiger partial charge is 0.344 e. The predicted octanol–water partition coefficient (Wildman–Crippen LogP) is 1.37. The highest BCUT2D eigenvalue weighted by Gasteiger charge is 2.63. The van der Waals surface area contributed by atoms with E-state index in [1.807, 2.05) is 27.7 Å². The summed E-state index contributed by atoms with van der Waals surface area (Å²) in [7, 11) is 0. The highest BCUT2D eigenvalue weighted by molar-refractivity contribution is 5.92. The maximum atomic E-state index is 12.7. The number of ketones is 1. The molecule has 0 aromatic rings. The lowest BCUT2D eigenvalue weighted by Crippen LogP contribution is -2.59. The van der Waals surface area contributed by atoms with Crippen molar-refractivity contribution >= 4 is 5.78 Å². The van der Waals surface area contributed by atoms with E-state index in [4.69, 9.17) is 23.7 Å². The van der Waals surface area contributed by atoms with E-state index < -0.39 is 23.5 Å². The van der Waals surface area contributed by atoms with Gasteiger partial charge >= 0.3 is 0 Å². The summed E-state index contributed by atoms with van der Waals surface area (Å²) in [5, 5.41) is 0. The van der Waals surface area contributed by atoms with E-state index in [-0.39, 0.29) is 25.1 Å². The van der Waals surface area contributed by atoms with E-state index in [1.165, 1.54) is 0 Å². The van der Waals surface area contributed by atoms with Gasteiger partial charge in [-0.3, -0.25) is 4.79 Å². The number of rotatable bonds is 2. The second-order valence-electron chi connectivity index (χ2n) is 5.99. The number of carbonyl (C=O) groups is 1. The average Bonchev–Trinajstić information content (AvgIpc) is 2.96. The second-order valence-corrected chi connectivity index (χ2v) is 5.99. The second kappa shape index (κ2) is 4.48. The lowest BCUT2D eigenvalue weighted by Gasteiger charge is -2.35. The van der Waals surface area contributed by atoms with Crippen LogP contribution in [0.15, 0.2) is 0 Å². The third kappa shape index (κ3) is 2.02. The Labute approximate surface area is 118 Å². The predicted molar refractivity (Wildman–Crippen MR) is 67.9 cm³/mol. The summed E-state index contributed by atoms with van der Waals surface area (Å²) >= 11 is 0. The van der Waals surface area contributed by atoms with Crippen LogP contribution < -0.4 is 0 Å². The first kappa shape index (κ1) is 14.4. The maximum absolute atomic E-state index is 12.7. The van der Waals surface area contributed by atoms with Crippen LogP contribution in [-0.2, 0) is 28.5 Å². The van der Waals surface area contributed by atoms with Gasteiger partial charge in [-0.1, -0.05) is 13.8 Å². The Bertz CT molecular complexity index is 422. The van der Waals surface area contributed by atoms with Crippen molar-refractivity contribution < 1.29 is 28.5 Å². The van der Waals surface area contributed by atoms with Crippen molar-refractivity contribution in [1.82, 2.24) is 0 Å². The van der Waals surface area contributed by atoms with Gasteiger partial charge in [-0.05, 0) is 26.7 Å². The first-order chi connectivity index (χ1) is 9.35. The molecule has 1 spiro atoms. The van der Waals surface area contributed by atoms with Crippen molar-refractivity contribution in [3.8, 4) is 0 Å². The number of hydrogen-bond donors (Lipinski definition) is 0. The van der Waals surface area contributed by atoms with Crippen LogP contribution in [0.1, 0.15) is 40.5 Å². The van der Waals surface area contributed by atoms with Crippen LogP contribution in [0.5, 0.6) is 0 Å². The van der Waals surface area contributed by atoms with Crippen LogP contribution in [0.4, 0.5) is 0 Å². The van der Waals surface area contributed by atoms with Gasteiger partial charge in [0.25, 0.3) is 5.79 Å². The fourth-order valence-corrected chi connectivity index (χ4v) is 2.79. The summed E-state index contributed by atoms with van der Waals surface area (Å²) in [4.78, 5) is 12.7. The van der Waals surface area contributed by atoms with E-state index in [0.717, 1.165) is 0 Å². The van der Waals surface area contributed by atoms with Gasteiger partial charge in [0.15, 0.2) is 17.7 Å². The molecule has 0 aromatic heterocycles. The Morgan fingerprint density at radius 1 is 1.10 bits per heavy atom. The van der Waals surface area contributed by atoms with Crippen molar-refractivity contribution in [3.05, 3.63) is 0 Å². The summed E-state index contributed by atoms with van der Waals surface area (Å²) < 4.78 is 28.7. The number of ether oxygens (including phenoxy) is 5. The molecule has 6 nitrogen and oxygen atoms in total. The van der Waals surface area contributed by atoms with Crippen LogP contribution in [0, 0.1) is 0 Å². The van der Waals surface area contributed by atoms with Crippen molar-refractivity contribution in [3.63, 3.8) is 0 Å². The van der Waals surface area contributed by atoms with E-state index in [0.29, 0.717) is 12.8 Å². The lowest BCUT2D eigenvalue weighted by molar-refractivity contribution is -0.268. The van der Waals surface area contributed by atoms with Gasteiger partial charge in [0.05, 0.1) is 6.61 Å². The molecule has 3 fully saturated rings. The molecule has 20 heavy (non-hydrogen) atoms. The highest BCUT2D eigenvalue weighted by Crippen LogP contribution is 2.43. The third-order valence-electron chi connectivity index (χ3n) is 4.46. The van der Waals surface area contributed by atoms with Gasteiger partial charge < -0.3 is 23.7 Å². The SMILES string of the molecule is CCC1(C)O[C@@H]2CO[C@]3(COC(C)(CC)O3)C(=O)[C@@H]2O1. The minimum atomic E-state index is -1.34. The standard InChI is InChI=1S/C14H22O6/c1-5-12(3)17-8-14(20-12)11(15)10-9(7-16-14)18-13(4,6-2)19-10/h9-10H,5-8H2,1-4H3/t9-,10-,12?,13?,14+/m1/s1. The summed E-state index contributed by atoms with van der Waals surface area (Å²) in [6, 6.07) is 0. The van der Waals surface area contributed by atoms with Gasteiger partial charge in [0.2, 0.25) is 5.78 Å². The number of hydrogen-bond acceptors (Lipinski definition) is 6. The molecule has 5 atom stereocenters. The summed E-state index contributed by atoms with van der Waals surface area (Å²) in [5.41, 5.74) is 0. The molecule has 3 heterocycles.